The van der Waals surface area contributed by atoms with Crippen molar-refractivity contribution in [2.24, 2.45) is 0 Å². The summed E-state index contributed by atoms with van der Waals surface area (Å²) in [6, 6.07) is 7.98. The van der Waals surface area contributed by atoms with E-state index in [0.29, 0.717) is 0 Å². The van der Waals surface area contributed by atoms with Gasteiger partial charge in [0, 0.05) is 0 Å². The summed E-state index contributed by atoms with van der Waals surface area (Å²) in [5, 5.41) is 0. The molecule has 0 saturated heterocycles. The summed E-state index contributed by atoms with van der Waals surface area (Å²) in [6.45, 7) is 0. The van der Waals surface area contributed by atoms with Crippen molar-refractivity contribution in [3.8, 4) is 0 Å². The van der Waals surface area contributed by atoms with E-state index in [9.17, 15) is 0 Å². The monoisotopic (exact) mass is 314 g/mol. The summed E-state index contributed by atoms with van der Waals surface area (Å²) in [5.74, 6) is 0. The van der Waals surface area contributed by atoms with Crippen molar-refractivity contribution < 1.29 is 21.1 Å². The molecule has 0 aliphatic rings. The van der Waals surface area contributed by atoms with Crippen molar-refractivity contribution in [2.45, 2.75) is 0 Å². The molecule has 3 heteroatoms. The van der Waals surface area contributed by atoms with Crippen molar-refractivity contribution in [2.75, 3.05) is 0 Å². The van der Waals surface area contributed by atoms with E-state index < -0.39 is 0 Å². The van der Waals surface area contributed by atoms with Crippen LogP contribution < -0.4 is 4.04 Å². The van der Waals surface area contributed by atoms with Gasteiger partial charge < -0.3 is 0 Å². The van der Waals surface area contributed by atoms with E-state index >= 15 is 0 Å². The molecule has 0 spiro atoms. The topological polar surface area (TPSA) is 28.7 Å². The van der Waals surface area contributed by atoms with Gasteiger partial charge in [-0.25, -0.2) is 0 Å². The van der Waals surface area contributed by atoms with Gasteiger partial charge in [0.2, 0.25) is 0 Å². The first-order chi connectivity index (χ1) is 4.86. The Hall–Kier alpha value is -0.570. The molecule has 0 atom stereocenters. The van der Waals surface area contributed by atoms with Crippen LogP contribution in [0, 0.1) is 0 Å². The van der Waals surface area contributed by atoms with Crippen LogP contribution >= 0.6 is 0 Å². The van der Waals surface area contributed by atoms with Crippen LogP contribution in [0.3, 0.4) is 0 Å². The molecule has 0 unspecified atom stereocenters. The van der Waals surface area contributed by atoms with Gasteiger partial charge in [-0.15, -0.1) is 0 Å². The number of aromatic nitrogens is 2. The first-order valence-electron chi connectivity index (χ1n) is 2.93. The number of fused-ring (bicyclic) bond motifs is 1. The number of nitrogens with one attached hydrogen (secondary N) is 1. The number of imidazole rings is 1. The molecule has 54 valence electrons. The summed E-state index contributed by atoms with van der Waals surface area (Å²) >= 11 is 2.34. The van der Waals surface area contributed by atoms with Crippen LogP contribution in [0.25, 0.3) is 11.0 Å². The minimum absolute atomic E-state index is 0.918. The summed E-state index contributed by atoms with van der Waals surface area (Å²) in [4.78, 5) is 7.36. The number of benzene rings is 1. The molecule has 2 nitrogen and oxygen atoms in total. The number of hydrogen-bond donors (Lipinski definition) is 1. The minimum atomic E-state index is 0.918. The fraction of sp³-hybridized carbons (Fsp3) is 0. The maximum atomic E-state index is 4.23. The maximum absolute atomic E-state index is 4.23. The van der Waals surface area contributed by atoms with Crippen molar-refractivity contribution in [3.63, 3.8) is 0 Å². The van der Waals surface area contributed by atoms with Gasteiger partial charge in [0.05, 0.1) is 0 Å². The van der Waals surface area contributed by atoms with Gasteiger partial charge >= 0.3 is 70.4 Å². The Labute approximate surface area is 70.6 Å². The van der Waals surface area contributed by atoms with Gasteiger partial charge in [-0.1, -0.05) is 0 Å². The van der Waals surface area contributed by atoms with Gasteiger partial charge in [-0.3, -0.25) is 0 Å². The Kier molecular flexibility index (Phi) is 1.38. The van der Waals surface area contributed by atoms with Gasteiger partial charge in [0.25, 0.3) is 0 Å². The SMILES string of the molecule is [Au][c]1nc2ccccc2[nH]1. The molecule has 1 heterocycles. The molecule has 1 N–H and O–H groups in total. The predicted molar refractivity (Wildman–Crippen MR) is 35.7 cm³/mol. The number of para-hydroxylation sites is 2. The first kappa shape index (κ1) is 6.16. The second-order valence-corrected chi connectivity index (χ2v) is 3.03. The molecular weight excluding hydrogens is 309 g/mol. The van der Waals surface area contributed by atoms with Crippen molar-refractivity contribution >= 4 is 15.1 Å². The third kappa shape index (κ3) is 0.904. The normalized spacial score (nSPS) is 10.6. The zero-order valence-corrected chi connectivity index (χ0v) is 7.22. The van der Waals surface area contributed by atoms with Crippen LogP contribution in [0.2, 0.25) is 0 Å². The zero-order valence-electron chi connectivity index (χ0n) is 5.06. The molecule has 1 aromatic carbocycles. The molecule has 0 radical (unpaired) electrons. The van der Waals surface area contributed by atoms with Gasteiger partial charge in [-0.05, 0) is 0 Å². The molecule has 0 fully saturated rings. The average Bonchev–Trinajstić information content (AvgIpc) is 2.27. The summed E-state index contributed by atoms with van der Waals surface area (Å²) in [7, 11) is 0. The number of hydrogen-bond acceptors (Lipinski definition) is 1. The Morgan fingerprint density at radius 2 is 2.10 bits per heavy atom. The Balaban J connectivity index is 2.88. The van der Waals surface area contributed by atoms with Crippen LogP contribution in [-0.4, -0.2) is 9.97 Å². The molecule has 2 rings (SSSR count). The van der Waals surface area contributed by atoms with E-state index in [2.05, 4.69) is 31.0 Å². The second kappa shape index (κ2) is 2.24. The molecule has 0 amide bonds. The third-order valence-corrected chi connectivity index (χ3v) is 1.86. The van der Waals surface area contributed by atoms with Gasteiger partial charge in [0.15, 0.2) is 0 Å². The molecule has 10 heavy (non-hydrogen) atoms. The fourth-order valence-corrected chi connectivity index (χ4v) is 1.45. The standard InChI is InChI=1S/C7H5N2.Au/c1-2-4-7-6(3-1)8-5-9-7;/h1-4H,(H,8,9);. The molecule has 0 saturated carbocycles. The number of aromatic amines is 1. The summed E-state index contributed by atoms with van der Waals surface area (Å²) in [6.07, 6.45) is 0. The predicted octanol–water partition coefficient (Wildman–Crippen LogP) is 0.735. The van der Waals surface area contributed by atoms with E-state index in [1.807, 2.05) is 24.3 Å². The first-order valence-corrected chi connectivity index (χ1v) is 4.01. The van der Waals surface area contributed by atoms with Crippen LogP contribution in [0.1, 0.15) is 0 Å². The van der Waals surface area contributed by atoms with Crippen molar-refractivity contribution in [3.05, 3.63) is 24.3 Å². The van der Waals surface area contributed by atoms with Crippen LogP contribution in [0.15, 0.2) is 24.3 Å². The van der Waals surface area contributed by atoms with E-state index in [1.54, 1.807) is 0 Å². The second-order valence-electron chi connectivity index (χ2n) is 2.01. The number of H-pyrrole nitrogens is 1. The van der Waals surface area contributed by atoms with Gasteiger partial charge in [0.1, 0.15) is 0 Å². The van der Waals surface area contributed by atoms with E-state index in [0.717, 1.165) is 15.1 Å². The molecule has 0 aliphatic heterocycles. The fourth-order valence-electron chi connectivity index (χ4n) is 0.902. The molecule has 1 aromatic heterocycles. The van der Waals surface area contributed by atoms with Crippen molar-refractivity contribution in [1.29, 1.82) is 0 Å². The number of rotatable bonds is 0. The van der Waals surface area contributed by atoms with Crippen LogP contribution in [-0.2, 0) is 21.1 Å². The Bertz CT molecular complexity index is 320. The zero-order chi connectivity index (χ0) is 6.97. The quantitative estimate of drug-likeness (QED) is 0.714. The summed E-state index contributed by atoms with van der Waals surface area (Å²) in [5.41, 5.74) is 2.13. The van der Waals surface area contributed by atoms with E-state index in [4.69, 9.17) is 0 Å². The van der Waals surface area contributed by atoms with Gasteiger partial charge in [-0.2, -0.15) is 0 Å². The van der Waals surface area contributed by atoms with Crippen LogP contribution in [0.5, 0.6) is 0 Å². The molecular formula is C7H5AuN2. The number of nitrogens with zero attached hydrogens (tertiary/aromatic N) is 1. The van der Waals surface area contributed by atoms with Crippen LogP contribution in [0.4, 0.5) is 0 Å². The Morgan fingerprint density at radius 3 is 2.90 bits per heavy atom. The van der Waals surface area contributed by atoms with E-state index in [1.165, 1.54) is 0 Å². The average molecular weight is 314 g/mol. The third-order valence-electron chi connectivity index (χ3n) is 1.34. The van der Waals surface area contributed by atoms with E-state index in [-0.39, 0.29) is 0 Å². The summed E-state index contributed by atoms with van der Waals surface area (Å²) < 4.78 is 0.918. The van der Waals surface area contributed by atoms with Crippen molar-refractivity contribution in [1.82, 2.24) is 9.97 Å². The molecule has 2 aromatic rings. The molecule has 0 bridgehead atoms. The molecule has 0 aliphatic carbocycles. The Morgan fingerprint density at radius 1 is 1.30 bits per heavy atom.